The number of aromatic nitrogens is 3. The molecule has 4 heterocycles. The number of nitrogens with two attached hydrogens (primary N) is 1. The molecular weight excluding hydrogens is 460 g/mol. The van der Waals surface area contributed by atoms with Gasteiger partial charge in [0, 0.05) is 55.9 Å². The smallest absolute Gasteiger partial charge is 0.229 e. The number of benzene rings is 1. The lowest BCUT2D eigenvalue weighted by molar-refractivity contribution is -0.120. The maximum absolute atomic E-state index is 12.1. The van der Waals surface area contributed by atoms with Crippen LogP contribution in [0.1, 0.15) is 18.5 Å². The van der Waals surface area contributed by atoms with Crippen molar-refractivity contribution in [2.75, 3.05) is 51.8 Å². The predicted octanol–water partition coefficient (Wildman–Crippen LogP) is 2.71. The zero-order valence-corrected chi connectivity index (χ0v) is 20.1. The molecule has 1 saturated carbocycles. The minimum Gasteiger partial charge on any atom is -0.492 e. The quantitative estimate of drug-likeness (QED) is 0.385. The summed E-state index contributed by atoms with van der Waals surface area (Å²) in [5.74, 6) is 1.52. The number of ether oxygens (including phenoxy) is 2. The van der Waals surface area contributed by atoms with E-state index in [1.807, 2.05) is 24.3 Å². The van der Waals surface area contributed by atoms with E-state index in [0.29, 0.717) is 48.0 Å². The van der Waals surface area contributed by atoms with Gasteiger partial charge in [-0.3, -0.25) is 14.7 Å². The number of carbonyl (C=O) groups is 1. The molecule has 1 aliphatic carbocycles. The van der Waals surface area contributed by atoms with E-state index in [2.05, 4.69) is 20.2 Å². The maximum Gasteiger partial charge on any atom is 0.229 e. The van der Waals surface area contributed by atoms with E-state index in [1.165, 1.54) is 0 Å². The molecule has 1 saturated heterocycles. The van der Waals surface area contributed by atoms with Gasteiger partial charge in [-0.05, 0) is 31.0 Å². The second kappa shape index (κ2) is 9.03. The van der Waals surface area contributed by atoms with Crippen molar-refractivity contribution in [1.82, 2.24) is 19.9 Å². The van der Waals surface area contributed by atoms with Crippen LogP contribution in [0.15, 0.2) is 41.1 Å². The third kappa shape index (κ3) is 4.02. The second-order valence-electron chi connectivity index (χ2n) is 9.28. The Kier molecular flexibility index (Phi) is 5.69. The molecule has 2 aliphatic rings. The molecule has 4 aromatic rings. The van der Waals surface area contributed by atoms with Crippen LogP contribution < -0.4 is 15.8 Å². The fourth-order valence-electron chi connectivity index (χ4n) is 4.75. The summed E-state index contributed by atoms with van der Waals surface area (Å²) in [6.45, 7) is 4.85. The van der Waals surface area contributed by atoms with Crippen molar-refractivity contribution in [3.8, 4) is 17.2 Å². The molecule has 1 aliphatic heterocycles. The van der Waals surface area contributed by atoms with Crippen LogP contribution in [-0.2, 0) is 14.9 Å². The number of morpholine rings is 1. The summed E-state index contributed by atoms with van der Waals surface area (Å²) in [6.07, 6.45) is 4.88. The Hall–Kier alpha value is -3.76. The number of carbonyl (C=O) groups excluding carboxylic acids is 1. The van der Waals surface area contributed by atoms with Gasteiger partial charge in [-0.2, -0.15) is 0 Å². The molecule has 10 heteroatoms. The number of pyridine rings is 2. The Morgan fingerprint density at radius 1 is 1.17 bits per heavy atom. The van der Waals surface area contributed by atoms with Crippen molar-refractivity contribution in [3.63, 3.8) is 0 Å². The minimum absolute atomic E-state index is 0.346. The first kappa shape index (κ1) is 22.7. The average molecular weight is 489 g/mol. The lowest BCUT2D eigenvalue weighted by Gasteiger charge is -2.26. The molecule has 36 heavy (non-hydrogen) atoms. The largest absolute Gasteiger partial charge is 0.492 e. The van der Waals surface area contributed by atoms with E-state index in [9.17, 15) is 4.79 Å². The number of oxazole rings is 1. The Morgan fingerprint density at radius 3 is 2.75 bits per heavy atom. The molecule has 0 bridgehead atoms. The van der Waals surface area contributed by atoms with E-state index in [1.54, 1.807) is 19.4 Å². The van der Waals surface area contributed by atoms with Crippen LogP contribution in [0, 0.1) is 0 Å². The first-order valence-electron chi connectivity index (χ1n) is 12.2. The van der Waals surface area contributed by atoms with Crippen molar-refractivity contribution in [2.24, 2.45) is 5.73 Å². The molecule has 0 unspecified atom stereocenters. The van der Waals surface area contributed by atoms with Crippen molar-refractivity contribution in [3.05, 3.63) is 42.4 Å². The molecule has 3 N–H and O–H groups in total. The zero-order chi connectivity index (χ0) is 24.7. The van der Waals surface area contributed by atoms with Gasteiger partial charge in [-0.25, -0.2) is 9.97 Å². The maximum atomic E-state index is 12.1. The van der Waals surface area contributed by atoms with Gasteiger partial charge in [0.1, 0.15) is 23.7 Å². The average Bonchev–Trinajstić information content (AvgIpc) is 3.62. The van der Waals surface area contributed by atoms with E-state index in [4.69, 9.17) is 24.6 Å². The number of nitrogens with zero attached hydrogens (tertiary/aromatic N) is 4. The first-order valence-corrected chi connectivity index (χ1v) is 12.2. The predicted molar refractivity (Wildman–Crippen MR) is 135 cm³/mol. The molecule has 3 aromatic heterocycles. The van der Waals surface area contributed by atoms with Crippen LogP contribution in [0.2, 0.25) is 0 Å². The summed E-state index contributed by atoms with van der Waals surface area (Å²) in [5, 5.41) is 4.76. The molecule has 0 atom stereocenters. The van der Waals surface area contributed by atoms with E-state index in [-0.39, 0.29) is 5.91 Å². The number of hydrogen-bond acceptors (Lipinski definition) is 9. The lowest BCUT2D eigenvalue weighted by atomic mass is 9.98. The highest BCUT2D eigenvalue weighted by molar-refractivity contribution is 6.01. The van der Waals surface area contributed by atoms with Gasteiger partial charge in [0.15, 0.2) is 5.58 Å². The van der Waals surface area contributed by atoms with Gasteiger partial charge < -0.3 is 24.9 Å². The highest BCUT2D eigenvalue weighted by Gasteiger charge is 2.51. The van der Waals surface area contributed by atoms with Crippen molar-refractivity contribution < 1.29 is 18.7 Å². The molecule has 1 amide bonds. The van der Waals surface area contributed by atoms with Crippen molar-refractivity contribution in [2.45, 2.75) is 18.3 Å². The Morgan fingerprint density at radius 2 is 2.00 bits per heavy atom. The van der Waals surface area contributed by atoms with E-state index in [0.717, 1.165) is 54.9 Å². The molecule has 1 aromatic carbocycles. The monoisotopic (exact) mass is 488 g/mol. The summed E-state index contributed by atoms with van der Waals surface area (Å²) in [5.41, 5.74) is 7.76. The molecule has 0 radical (unpaired) electrons. The van der Waals surface area contributed by atoms with E-state index >= 15 is 0 Å². The van der Waals surface area contributed by atoms with Gasteiger partial charge in [-0.1, -0.05) is 0 Å². The second-order valence-corrected chi connectivity index (χ2v) is 9.28. The summed E-state index contributed by atoms with van der Waals surface area (Å²) < 4.78 is 17.5. The fraction of sp³-hybridized carbons (Fsp3) is 0.385. The first-order chi connectivity index (χ1) is 17.6. The van der Waals surface area contributed by atoms with Crippen LogP contribution in [0.5, 0.6) is 5.75 Å². The Balaban J connectivity index is 1.31. The normalized spacial score (nSPS) is 17.4. The van der Waals surface area contributed by atoms with Crippen molar-refractivity contribution >= 4 is 33.6 Å². The summed E-state index contributed by atoms with van der Waals surface area (Å²) in [6, 6.07) is 7.56. The highest BCUT2D eigenvalue weighted by atomic mass is 16.5. The number of hydrogen-bond donors (Lipinski definition) is 2. The number of primary amides is 1. The summed E-state index contributed by atoms with van der Waals surface area (Å²) in [7, 11) is 1.81. The lowest BCUT2D eigenvalue weighted by Crippen LogP contribution is -2.38. The van der Waals surface area contributed by atoms with Gasteiger partial charge >= 0.3 is 0 Å². The highest BCUT2D eigenvalue weighted by Crippen LogP contribution is 2.48. The van der Waals surface area contributed by atoms with Gasteiger partial charge in [0.25, 0.3) is 0 Å². The SMILES string of the molecule is CNc1ncc(-c2nc3cc(OCCN4CCOCC4)ccc3o2)c2cc(C3(C(N)=O)CC3)ncc12. The van der Waals surface area contributed by atoms with Crippen LogP contribution in [0.3, 0.4) is 0 Å². The van der Waals surface area contributed by atoms with Crippen LogP contribution in [0.4, 0.5) is 5.82 Å². The Bertz CT molecular complexity index is 1440. The van der Waals surface area contributed by atoms with Crippen molar-refractivity contribution in [1.29, 1.82) is 0 Å². The molecule has 186 valence electrons. The number of anilines is 1. The number of amides is 1. The van der Waals surface area contributed by atoms with Gasteiger partial charge in [0.2, 0.25) is 11.8 Å². The minimum atomic E-state index is -0.691. The molecule has 0 spiro atoms. The number of nitrogens with one attached hydrogen (secondary N) is 1. The Labute approximate surface area is 207 Å². The van der Waals surface area contributed by atoms with Gasteiger partial charge in [-0.15, -0.1) is 0 Å². The van der Waals surface area contributed by atoms with Crippen LogP contribution >= 0.6 is 0 Å². The standard InChI is InChI=1S/C26H28N6O4/c1-28-23-18-14-29-22(26(4-5-26)25(27)33)13-17(18)19(15-30-23)24-31-20-12-16(2-3-21(20)36-24)35-11-8-32-6-9-34-10-7-32/h2-3,12-15H,4-11H2,1H3,(H2,27,33)(H,28,30). The summed E-state index contributed by atoms with van der Waals surface area (Å²) >= 11 is 0. The number of rotatable bonds is 8. The third-order valence-electron chi connectivity index (χ3n) is 7.09. The third-order valence-corrected chi connectivity index (χ3v) is 7.09. The van der Waals surface area contributed by atoms with E-state index < -0.39 is 5.41 Å². The zero-order valence-electron chi connectivity index (χ0n) is 20.1. The fourth-order valence-corrected chi connectivity index (χ4v) is 4.75. The molecular formula is C26H28N6O4. The molecule has 6 rings (SSSR count). The van der Waals surface area contributed by atoms with Crippen LogP contribution in [0.25, 0.3) is 33.3 Å². The summed E-state index contributed by atoms with van der Waals surface area (Å²) in [4.78, 5) is 28.3. The number of fused-ring (bicyclic) bond motifs is 2. The topological polar surface area (TPSA) is 129 Å². The molecule has 10 nitrogen and oxygen atoms in total. The van der Waals surface area contributed by atoms with Gasteiger partial charge in [0.05, 0.1) is 29.9 Å². The molecule has 2 fully saturated rings. The van der Waals surface area contributed by atoms with Crippen LogP contribution in [-0.4, -0.2) is 72.3 Å².